The van der Waals surface area contributed by atoms with Gasteiger partial charge in [0.2, 0.25) is 0 Å². The minimum Gasteiger partial charge on any atom is -0.481 e. The van der Waals surface area contributed by atoms with E-state index in [2.05, 4.69) is 21.7 Å². The molecule has 1 N–H and O–H groups in total. The van der Waals surface area contributed by atoms with Crippen LogP contribution in [0.15, 0.2) is 5.16 Å². The molecule has 0 atom stereocenters. The second-order valence-electron chi connectivity index (χ2n) is 6.19. The number of aliphatic carboxylic acids is 1. The van der Waals surface area contributed by atoms with E-state index in [1.165, 1.54) is 43.9 Å². The zero-order chi connectivity index (χ0) is 14.2. The van der Waals surface area contributed by atoms with Gasteiger partial charge in [-0.2, -0.15) is 0 Å². The summed E-state index contributed by atoms with van der Waals surface area (Å²) in [4.78, 5) is 10.8. The van der Waals surface area contributed by atoms with E-state index in [9.17, 15) is 4.79 Å². The van der Waals surface area contributed by atoms with Crippen molar-refractivity contribution in [3.63, 3.8) is 0 Å². The summed E-state index contributed by atoms with van der Waals surface area (Å²) in [5.74, 6) is 0.882. The molecule has 1 heterocycles. The fourth-order valence-corrected chi connectivity index (χ4v) is 3.95. The van der Waals surface area contributed by atoms with E-state index in [0.717, 1.165) is 23.8 Å². The summed E-state index contributed by atoms with van der Waals surface area (Å²) in [5.41, 5.74) is 0.0700. The van der Waals surface area contributed by atoms with Gasteiger partial charge in [-0.15, -0.1) is 10.2 Å². The van der Waals surface area contributed by atoms with Crippen LogP contribution in [0.1, 0.15) is 63.6 Å². The van der Waals surface area contributed by atoms with E-state index in [4.69, 9.17) is 5.11 Å². The molecule has 20 heavy (non-hydrogen) atoms. The molecule has 0 radical (unpaired) electrons. The van der Waals surface area contributed by atoms with E-state index < -0.39 is 5.97 Å². The van der Waals surface area contributed by atoms with Gasteiger partial charge in [0.15, 0.2) is 5.16 Å². The monoisotopic (exact) mass is 295 g/mol. The van der Waals surface area contributed by atoms with Gasteiger partial charge >= 0.3 is 5.97 Å². The summed E-state index contributed by atoms with van der Waals surface area (Å²) in [7, 11) is 0. The Bertz CT molecular complexity index is 505. The maximum absolute atomic E-state index is 10.8. The number of aromatic nitrogens is 3. The fourth-order valence-electron chi connectivity index (χ4n) is 3.15. The molecule has 6 heteroatoms. The van der Waals surface area contributed by atoms with Crippen molar-refractivity contribution >= 4 is 17.7 Å². The minimum absolute atomic E-state index is 0.0544. The van der Waals surface area contributed by atoms with Crippen molar-refractivity contribution in [2.24, 2.45) is 0 Å². The van der Waals surface area contributed by atoms with Crippen LogP contribution in [0.3, 0.4) is 0 Å². The molecule has 1 aromatic heterocycles. The van der Waals surface area contributed by atoms with Crippen LogP contribution in [0.4, 0.5) is 0 Å². The van der Waals surface area contributed by atoms with Crippen LogP contribution in [0.25, 0.3) is 0 Å². The molecule has 5 nitrogen and oxygen atoms in total. The van der Waals surface area contributed by atoms with Crippen LogP contribution in [-0.4, -0.2) is 31.6 Å². The second-order valence-corrected chi connectivity index (χ2v) is 7.13. The zero-order valence-electron chi connectivity index (χ0n) is 11.8. The van der Waals surface area contributed by atoms with Crippen molar-refractivity contribution in [1.82, 2.24) is 14.8 Å². The molecular weight excluding hydrogens is 274 g/mol. The van der Waals surface area contributed by atoms with Crippen molar-refractivity contribution in [1.29, 1.82) is 0 Å². The van der Waals surface area contributed by atoms with Crippen molar-refractivity contribution in [2.45, 2.75) is 68.5 Å². The average Bonchev–Trinajstić information content (AvgIpc) is 3.17. The Balaban J connectivity index is 1.92. The minimum atomic E-state index is -0.800. The van der Waals surface area contributed by atoms with E-state index in [1.54, 1.807) is 0 Å². The van der Waals surface area contributed by atoms with Crippen LogP contribution >= 0.6 is 11.8 Å². The lowest BCUT2D eigenvalue weighted by Gasteiger charge is -2.36. The van der Waals surface area contributed by atoms with Crippen molar-refractivity contribution in [3.05, 3.63) is 5.82 Å². The molecule has 2 saturated carbocycles. The third kappa shape index (κ3) is 2.71. The zero-order valence-corrected chi connectivity index (χ0v) is 12.7. The second kappa shape index (κ2) is 5.39. The molecular formula is C14H21N3O2S. The number of carboxylic acid groups (broad SMARTS) is 1. The predicted octanol–water partition coefficient (Wildman–Crippen LogP) is 3.01. The summed E-state index contributed by atoms with van der Waals surface area (Å²) >= 11 is 1.30. The van der Waals surface area contributed by atoms with Gasteiger partial charge < -0.3 is 5.11 Å². The molecule has 0 spiro atoms. The SMILES string of the molecule is CC1(n2c(SCC(=O)O)nnc2C2CC2)CCCCC1. The van der Waals surface area contributed by atoms with E-state index >= 15 is 0 Å². The lowest BCUT2D eigenvalue weighted by Crippen LogP contribution is -2.34. The maximum atomic E-state index is 10.8. The Hall–Kier alpha value is -1.04. The first-order valence-electron chi connectivity index (χ1n) is 7.40. The molecule has 0 bridgehead atoms. The number of nitrogens with zero attached hydrogens (tertiary/aromatic N) is 3. The molecule has 2 aliphatic rings. The molecule has 110 valence electrons. The first-order chi connectivity index (χ1) is 9.60. The Kier molecular flexibility index (Phi) is 3.75. The summed E-state index contributed by atoms with van der Waals surface area (Å²) < 4.78 is 2.28. The largest absolute Gasteiger partial charge is 0.481 e. The number of thioether (sulfide) groups is 1. The van der Waals surface area contributed by atoms with E-state index in [0.29, 0.717) is 5.92 Å². The lowest BCUT2D eigenvalue weighted by molar-refractivity contribution is -0.133. The van der Waals surface area contributed by atoms with Crippen molar-refractivity contribution in [2.75, 3.05) is 5.75 Å². The van der Waals surface area contributed by atoms with Crippen LogP contribution in [-0.2, 0) is 10.3 Å². The molecule has 0 amide bonds. The van der Waals surface area contributed by atoms with Gasteiger partial charge in [-0.05, 0) is 32.6 Å². The van der Waals surface area contributed by atoms with Gasteiger partial charge in [0.25, 0.3) is 0 Å². The number of carboxylic acids is 1. The predicted molar refractivity (Wildman–Crippen MR) is 77.1 cm³/mol. The third-order valence-corrected chi connectivity index (χ3v) is 5.31. The normalized spacial score (nSPS) is 21.9. The molecule has 2 fully saturated rings. The number of rotatable bonds is 5. The number of hydrogen-bond donors (Lipinski definition) is 1. The molecule has 3 rings (SSSR count). The lowest BCUT2D eigenvalue weighted by atomic mass is 9.83. The first kappa shape index (κ1) is 13.9. The van der Waals surface area contributed by atoms with Gasteiger partial charge in [-0.3, -0.25) is 9.36 Å². The summed E-state index contributed by atoms with van der Waals surface area (Å²) in [6.45, 7) is 2.28. The first-order valence-corrected chi connectivity index (χ1v) is 8.39. The summed E-state index contributed by atoms with van der Waals surface area (Å²) in [5, 5.41) is 18.3. The number of hydrogen-bond acceptors (Lipinski definition) is 4. The Morgan fingerprint density at radius 1 is 1.35 bits per heavy atom. The molecule has 0 aromatic carbocycles. The molecule has 0 unspecified atom stereocenters. The van der Waals surface area contributed by atoms with Gasteiger partial charge in [0.1, 0.15) is 5.82 Å². The van der Waals surface area contributed by atoms with Gasteiger partial charge in [-0.25, -0.2) is 0 Å². The number of carbonyl (C=O) groups is 1. The highest BCUT2D eigenvalue weighted by Gasteiger charge is 2.38. The average molecular weight is 295 g/mol. The van der Waals surface area contributed by atoms with Crippen molar-refractivity contribution < 1.29 is 9.90 Å². The Morgan fingerprint density at radius 3 is 2.65 bits per heavy atom. The fraction of sp³-hybridized carbons (Fsp3) is 0.786. The summed E-state index contributed by atoms with van der Waals surface area (Å²) in [6, 6.07) is 0. The van der Waals surface area contributed by atoms with Crippen LogP contribution in [0.2, 0.25) is 0 Å². The van der Waals surface area contributed by atoms with Crippen LogP contribution in [0, 0.1) is 0 Å². The Labute approximate surface area is 123 Å². The standard InChI is InChI=1S/C14H21N3O2S/c1-14(7-3-2-4-8-14)17-12(10-5-6-10)15-16-13(17)20-9-11(18)19/h10H,2-9H2,1H3,(H,18,19). The molecule has 2 aliphatic carbocycles. The Morgan fingerprint density at radius 2 is 2.05 bits per heavy atom. The summed E-state index contributed by atoms with van der Waals surface area (Å²) in [6.07, 6.45) is 8.45. The van der Waals surface area contributed by atoms with Gasteiger partial charge in [-0.1, -0.05) is 31.0 Å². The van der Waals surface area contributed by atoms with Crippen LogP contribution in [0.5, 0.6) is 0 Å². The third-order valence-electron chi connectivity index (χ3n) is 4.40. The maximum Gasteiger partial charge on any atom is 0.313 e. The highest BCUT2D eigenvalue weighted by molar-refractivity contribution is 7.99. The molecule has 0 saturated heterocycles. The molecule has 0 aliphatic heterocycles. The van der Waals surface area contributed by atoms with Gasteiger partial charge in [0.05, 0.1) is 5.75 Å². The van der Waals surface area contributed by atoms with E-state index in [-0.39, 0.29) is 11.3 Å². The highest BCUT2D eigenvalue weighted by Crippen LogP contribution is 2.45. The van der Waals surface area contributed by atoms with Gasteiger partial charge in [0, 0.05) is 11.5 Å². The molecule has 1 aromatic rings. The smallest absolute Gasteiger partial charge is 0.313 e. The van der Waals surface area contributed by atoms with E-state index in [1.807, 2.05) is 0 Å². The topological polar surface area (TPSA) is 68.0 Å². The van der Waals surface area contributed by atoms with Crippen LogP contribution < -0.4 is 0 Å². The quantitative estimate of drug-likeness (QED) is 0.846. The highest BCUT2D eigenvalue weighted by atomic mass is 32.2. The van der Waals surface area contributed by atoms with Crippen molar-refractivity contribution in [3.8, 4) is 0 Å².